The van der Waals surface area contributed by atoms with E-state index in [2.05, 4.69) is 18.3 Å². The zero-order valence-corrected chi connectivity index (χ0v) is 11.6. The third-order valence-electron chi connectivity index (χ3n) is 2.87. The minimum Gasteiger partial charge on any atom is -0.392 e. The van der Waals surface area contributed by atoms with Crippen molar-refractivity contribution in [1.29, 1.82) is 0 Å². The molecule has 0 heterocycles. The number of halogens is 1. The SMILES string of the molecule is C/C(=C\CO)CC/C=C(\C)CNc1cccc(F)c1. The molecule has 2 N–H and O–H groups in total. The maximum absolute atomic E-state index is 13.0. The first-order chi connectivity index (χ1) is 9.11. The summed E-state index contributed by atoms with van der Waals surface area (Å²) in [6.07, 6.45) is 5.91. The second-order valence-electron chi connectivity index (χ2n) is 4.69. The van der Waals surface area contributed by atoms with E-state index in [1.54, 1.807) is 6.07 Å². The fourth-order valence-corrected chi connectivity index (χ4v) is 1.72. The monoisotopic (exact) mass is 263 g/mol. The van der Waals surface area contributed by atoms with Gasteiger partial charge in [-0.3, -0.25) is 0 Å². The van der Waals surface area contributed by atoms with E-state index in [0.717, 1.165) is 18.5 Å². The maximum atomic E-state index is 13.0. The first-order valence-electron chi connectivity index (χ1n) is 6.53. The van der Waals surface area contributed by atoms with Crippen LogP contribution in [0, 0.1) is 5.82 Å². The van der Waals surface area contributed by atoms with Crippen LogP contribution < -0.4 is 5.32 Å². The molecule has 0 bridgehead atoms. The largest absolute Gasteiger partial charge is 0.392 e. The lowest BCUT2D eigenvalue weighted by Gasteiger charge is -2.07. The molecule has 0 saturated heterocycles. The predicted octanol–water partition coefficient (Wildman–Crippen LogP) is 3.90. The van der Waals surface area contributed by atoms with E-state index in [-0.39, 0.29) is 12.4 Å². The van der Waals surface area contributed by atoms with Crippen LogP contribution >= 0.6 is 0 Å². The molecule has 0 aliphatic rings. The summed E-state index contributed by atoms with van der Waals surface area (Å²) < 4.78 is 13.0. The van der Waals surface area contributed by atoms with Gasteiger partial charge in [-0.25, -0.2) is 4.39 Å². The van der Waals surface area contributed by atoms with Crippen LogP contribution in [0.3, 0.4) is 0 Å². The highest BCUT2D eigenvalue weighted by Crippen LogP contribution is 2.11. The van der Waals surface area contributed by atoms with Crippen molar-refractivity contribution in [3.8, 4) is 0 Å². The van der Waals surface area contributed by atoms with Crippen molar-refractivity contribution in [3.05, 3.63) is 53.4 Å². The zero-order chi connectivity index (χ0) is 14.1. The third-order valence-corrected chi connectivity index (χ3v) is 2.87. The molecule has 0 aromatic heterocycles. The summed E-state index contributed by atoms with van der Waals surface area (Å²) in [4.78, 5) is 0. The number of rotatable bonds is 7. The normalized spacial score (nSPS) is 12.6. The molecule has 104 valence electrons. The minimum absolute atomic E-state index is 0.107. The zero-order valence-electron chi connectivity index (χ0n) is 11.6. The predicted molar refractivity (Wildman–Crippen MR) is 78.7 cm³/mol. The van der Waals surface area contributed by atoms with E-state index in [4.69, 9.17) is 5.11 Å². The molecule has 0 unspecified atom stereocenters. The molecule has 0 fully saturated rings. The number of aliphatic hydroxyl groups is 1. The van der Waals surface area contributed by atoms with E-state index in [1.165, 1.54) is 23.3 Å². The molecular weight excluding hydrogens is 241 g/mol. The topological polar surface area (TPSA) is 32.3 Å². The van der Waals surface area contributed by atoms with Gasteiger partial charge in [0.25, 0.3) is 0 Å². The van der Waals surface area contributed by atoms with Crippen molar-refractivity contribution in [2.24, 2.45) is 0 Å². The van der Waals surface area contributed by atoms with Crippen LogP contribution in [0.5, 0.6) is 0 Å². The molecule has 0 saturated carbocycles. The molecule has 1 aromatic rings. The molecule has 0 aliphatic carbocycles. The fourth-order valence-electron chi connectivity index (χ4n) is 1.72. The summed E-state index contributed by atoms with van der Waals surface area (Å²) in [6.45, 7) is 4.89. The van der Waals surface area contributed by atoms with Gasteiger partial charge in [-0.1, -0.05) is 29.4 Å². The molecule has 0 radical (unpaired) electrons. The standard InChI is InChI=1S/C16H22FNO/c1-13(9-10-19)5-3-6-14(2)12-18-16-8-4-7-15(17)11-16/h4,6-9,11,18-19H,3,5,10,12H2,1-2H3/b13-9+,14-6+. The Hall–Kier alpha value is -1.61. The van der Waals surface area contributed by atoms with Gasteiger partial charge in [-0.05, 0) is 44.9 Å². The number of aliphatic hydroxyl groups excluding tert-OH is 1. The highest BCUT2D eigenvalue weighted by molar-refractivity contribution is 5.44. The lowest BCUT2D eigenvalue weighted by atomic mass is 10.1. The number of nitrogens with one attached hydrogen (secondary N) is 1. The Kier molecular flexibility index (Phi) is 6.90. The van der Waals surface area contributed by atoms with Crippen LogP contribution in [0.15, 0.2) is 47.6 Å². The minimum atomic E-state index is -0.226. The summed E-state index contributed by atoms with van der Waals surface area (Å²) in [6, 6.07) is 6.47. The first-order valence-corrected chi connectivity index (χ1v) is 6.53. The van der Waals surface area contributed by atoms with Crippen LogP contribution in [0.4, 0.5) is 10.1 Å². The Morgan fingerprint density at radius 2 is 2.05 bits per heavy atom. The van der Waals surface area contributed by atoms with Crippen molar-refractivity contribution in [3.63, 3.8) is 0 Å². The molecule has 0 atom stereocenters. The van der Waals surface area contributed by atoms with E-state index in [1.807, 2.05) is 19.1 Å². The fraction of sp³-hybridized carbons (Fsp3) is 0.375. The van der Waals surface area contributed by atoms with E-state index in [9.17, 15) is 4.39 Å². The molecule has 3 heteroatoms. The Bertz CT molecular complexity index is 452. The summed E-state index contributed by atoms with van der Waals surface area (Å²) in [5, 5.41) is 11.9. The van der Waals surface area contributed by atoms with Gasteiger partial charge in [0, 0.05) is 12.2 Å². The summed E-state index contributed by atoms with van der Waals surface area (Å²) >= 11 is 0. The number of benzene rings is 1. The van der Waals surface area contributed by atoms with Crippen LogP contribution in [0.1, 0.15) is 26.7 Å². The summed E-state index contributed by atoms with van der Waals surface area (Å²) in [7, 11) is 0. The second kappa shape index (κ2) is 8.48. The van der Waals surface area contributed by atoms with Gasteiger partial charge in [0.05, 0.1) is 6.61 Å². The lowest BCUT2D eigenvalue weighted by Crippen LogP contribution is -2.02. The summed E-state index contributed by atoms with van der Waals surface area (Å²) in [5.41, 5.74) is 3.22. The Morgan fingerprint density at radius 3 is 2.74 bits per heavy atom. The lowest BCUT2D eigenvalue weighted by molar-refractivity contribution is 0.341. The van der Waals surface area contributed by atoms with Gasteiger partial charge < -0.3 is 10.4 Å². The van der Waals surface area contributed by atoms with E-state index < -0.39 is 0 Å². The smallest absolute Gasteiger partial charge is 0.125 e. The van der Waals surface area contributed by atoms with E-state index in [0.29, 0.717) is 6.54 Å². The summed E-state index contributed by atoms with van der Waals surface area (Å²) in [5.74, 6) is -0.226. The van der Waals surface area contributed by atoms with Crippen molar-refractivity contribution >= 4 is 5.69 Å². The Morgan fingerprint density at radius 1 is 1.26 bits per heavy atom. The number of hydrogen-bond donors (Lipinski definition) is 2. The Balaban J connectivity index is 2.34. The van der Waals surface area contributed by atoms with Gasteiger partial charge in [-0.2, -0.15) is 0 Å². The van der Waals surface area contributed by atoms with Crippen molar-refractivity contribution in [1.82, 2.24) is 0 Å². The van der Waals surface area contributed by atoms with Gasteiger partial charge in [0.15, 0.2) is 0 Å². The van der Waals surface area contributed by atoms with Crippen molar-refractivity contribution in [2.45, 2.75) is 26.7 Å². The molecule has 2 nitrogen and oxygen atoms in total. The highest BCUT2D eigenvalue weighted by Gasteiger charge is 1.95. The van der Waals surface area contributed by atoms with Gasteiger partial charge in [0.1, 0.15) is 5.82 Å². The maximum Gasteiger partial charge on any atom is 0.125 e. The van der Waals surface area contributed by atoms with Gasteiger partial charge in [0.2, 0.25) is 0 Å². The second-order valence-corrected chi connectivity index (χ2v) is 4.69. The van der Waals surface area contributed by atoms with Crippen LogP contribution in [0.2, 0.25) is 0 Å². The number of hydrogen-bond acceptors (Lipinski definition) is 2. The third kappa shape index (κ3) is 6.77. The molecule has 1 aromatic carbocycles. The molecule has 0 aliphatic heterocycles. The van der Waals surface area contributed by atoms with Crippen LogP contribution in [-0.4, -0.2) is 18.3 Å². The van der Waals surface area contributed by atoms with Crippen LogP contribution in [0.25, 0.3) is 0 Å². The van der Waals surface area contributed by atoms with Crippen molar-refractivity contribution in [2.75, 3.05) is 18.5 Å². The van der Waals surface area contributed by atoms with Gasteiger partial charge >= 0.3 is 0 Å². The van der Waals surface area contributed by atoms with Crippen molar-refractivity contribution < 1.29 is 9.50 Å². The molecule has 0 amide bonds. The average Bonchev–Trinajstić information content (AvgIpc) is 2.37. The number of allylic oxidation sites excluding steroid dienone is 2. The number of anilines is 1. The molecule has 19 heavy (non-hydrogen) atoms. The highest BCUT2D eigenvalue weighted by atomic mass is 19.1. The molecule has 1 rings (SSSR count). The van der Waals surface area contributed by atoms with E-state index >= 15 is 0 Å². The quantitative estimate of drug-likeness (QED) is 0.731. The Labute approximate surface area is 114 Å². The molecule has 0 spiro atoms. The molecular formula is C16H22FNO. The average molecular weight is 263 g/mol. The van der Waals surface area contributed by atoms with Crippen LogP contribution in [-0.2, 0) is 0 Å². The first kappa shape index (κ1) is 15.4. The van der Waals surface area contributed by atoms with Gasteiger partial charge in [-0.15, -0.1) is 0 Å².